The second-order valence-corrected chi connectivity index (χ2v) is 6.56. The molecule has 5 heteroatoms. The van der Waals surface area contributed by atoms with Crippen molar-refractivity contribution in [1.29, 1.82) is 0 Å². The molecular formula is C15H25BN2O2. The van der Waals surface area contributed by atoms with Gasteiger partial charge in [-0.25, -0.2) is 0 Å². The molecule has 0 spiro atoms. The van der Waals surface area contributed by atoms with Crippen LogP contribution in [0.3, 0.4) is 0 Å². The molecule has 0 radical (unpaired) electrons. The summed E-state index contributed by atoms with van der Waals surface area (Å²) in [4.78, 5) is 0. The molecule has 1 fully saturated rings. The van der Waals surface area contributed by atoms with Crippen LogP contribution in [0.15, 0.2) is 12.1 Å². The molecule has 110 valence electrons. The largest absolute Gasteiger partial charge is 0.462 e. The van der Waals surface area contributed by atoms with Gasteiger partial charge in [-0.2, -0.15) is 0 Å². The molecule has 2 rings (SSSR count). The predicted octanol–water partition coefficient (Wildman–Crippen LogP) is 2.21. The number of hydrogen-bond acceptors (Lipinski definition) is 4. The third kappa shape index (κ3) is 2.71. The van der Waals surface area contributed by atoms with Crippen LogP contribution in [0.2, 0.25) is 0 Å². The summed E-state index contributed by atoms with van der Waals surface area (Å²) in [7, 11) is -0.243. The fraction of sp³-hybridized carbons (Fsp3) is 0.600. The van der Waals surface area contributed by atoms with E-state index in [-0.39, 0.29) is 18.3 Å². The molecule has 1 aliphatic heterocycles. The van der Waals surface area contributed by atoms with E-state index in [9.17, 15) is 0 Å². The molecular weight excluding hydrogens is 251 g/mol. The summed E-state index contributed by atoms with van der Waals surface area (Å²) in [6.07, 6.45) is 0.685. The van der Waals surface area contributed by atoms with Gasteiger partial charge in [0.2, 0.25) is 0 Å². The fourth-order valence-corrected chi connectivity index (χ4v) is 2.44. The van der Waals surface area contributed by atoms with Gasteiger partial charge in [0.15, 0.2) is 0 Å². The zero-order valence-electron chi connectivity index (χ0n) is 13.1. The maximum atomic E-state index is 6.04. The van der Waals surface area contributed by atoms with E-state index >= 15 is 0 Å². The zero-order chi connectivity index (χ0) is 15.1. The van der Waals surface area contributed by atoms with Crippen LogP contribution < -0.4 is 11.5 Å². The first kappa shape index (κ1) is 15.4. The second kappa shape index (κ2) is 5.06. The predicted molar refractivity (Wildman–Crippen MR) is 83.3 cm³/mol. The minimum Gasteiger partial charge on any atom is -0.403 e. The maximum absolute atomic E-state index is 6.04. The second-order valence-electron chi connectivity index (χ2n) is 6.56. The van der Waals surface area contributed by atoms with E-state index in [1.165, 1.54) is 0 Å². The Labute approximate surface area is 122 Å². The van der Waals surface area contributed by atoms with Crippen molar-refractivity contribution in [2.75, 3.05) is 5.73 Å². The minimum absolute atomic E-state index is 0.243. The quantitative estimate of drug-likeness (QED) is 0.656. The Hall–Kier alpha value is -1.04. The van der Waals surface area contributed by atoms with Crippen LogP contribution in [0, 0.1) is 6.92 Å². The first-order valence-electron chi connectivity index (χ1n) is 7.10. The first-order valence-corrected chi connectivity index (χ1v) is 7.10. The lowest BCUT2D eigenvalue weighted by Gasteiger charge is -2.32. The smallest absolute Gasteiger partial charge is 0.403 e. The topological polar surface area (TPSA) is 70.5 Å². The van der Waals surface area contributed by atoms with Crippen LogP contribution in [0.5, 0.6) is 0 Å². The molecule has 20 heavy (non-hydrogen) atoms. The Kier molecular flexibility index (Phi) is 3.89. The molecule has 0 amide bonds. The number of rotatable bonds is 3. The summed E-state index contributed by atoms with van der Waals surface area (Å²) in [6.45, 7) is 10.7. The van der Waals surface area contributed by atoms with E-state index in [4.69, 9.17) is 20.8 Å². The highest BCUT2D eigenvalue weighted by Crippen LogP contribution is 2.37. The van der Waals surface area contributed by atoms with Gasteiger partial charge in [0.05, 0.1) is 11.2 Å². The maximum Gasteiger partial charge on any atom is 0.462 e. The van der Waals surface area contributed by atoms with Crippen molar-refractivity contribution in [1.82, 2.24) is 0 Å². The van der Waals surface area contributed by atoms with E-state index in [0.29, 0.717) is 12.9 Å². The van der Waals surface area contributed by atoms with Crippen LogP contribution in [0.25, 0.3) is 0 Å². The molecule has 0 aromatic heterocycles. The first-order chi connectivity index (χ1) is 9.16. The third-order valence-electron chi connectivity index (χ3n) is 4.54. The van der Waals surface area contributed by atoms with Crippen molar-refractivity contribution >= 4 is 12.8 Å². The molecule has 1 heterocycles. The van der Waals surface area contributed by atoms with Gasteiger partial charge in [0.25, 0.3) is 0 Å². The number of anilines is 1. The van der Waals surface area contributed by atoms with E-state index in [1.807, 2.05) is 13.0 Å². The number of nitrogens with two attached hydrogens (primary N) is 2. The SMILES string of the molecule is Cc1c(N)cc(CB2OC(C)(C)C(C)(C)O2)cc1CN. The van der Waals surface area contributed by atoms with Crippen molar-refractivity contribution < 1.29 is 9.31 Å². The van der Waals surface area contributed by atoms with Crippen molar-refractivity contribution in [2.45, 2.75) is 58.7 Å². The third-order valence-corrected chi connectivity index (χ3v) is 4.54. The number of nitrogen functional groups attached to an aromatic ring is 1. The average molecular weight is 276 g/mol. The molecule has 1 aromatic rings. The van der Waals surface area contributed by atoms with Crippen LogP contribution in [0.4, 0.5) is 5.69 Å². The minimum atomic E-state index is -0.301. The summed E-state index contributed by atoms with van der Waals surface area (Å²) in [5.41, 5.74) is 15.2. The van der Waals surface area contributed by atoms with Crippen molar-refractivity contribution in [3.63, 3.8) is 0 Å². The molecule has 0 bridgehead atoms. The molecule has 4 nitrogen and oxygen atoms in total. The summed E-state index contributed by atoms with van der Waals surface area (Å²) in [5.74, 6) is 0. The highest BCUT2D eigenvalue weighted by Gasteiger charge is 2.50. The van der Waals surface area contributed by atoms with Gasteiger partial charge in [0.1, 0.15) is 0 Å². The van der Waals surface area contributed by atoms with Crippen LogP contribution in [0.1, 0.15) is 44.4 Å². The highest BCUT2D eigenvalue weighted by molar-refractivity contribution is 6.45. The van der Waals surface area contributed by atoms with E-state index in [2.05, 4.69) is 33.8 Å². The lowest BCUT2D eigenvalue weighted by Crippen LogP contribution is -2.41. The summed E-state index contributed by atoms with van der Waals surface area (Å²) in [5, 5.41) is 0. The Morgan fingerprint density at radius 1 is 1.10 bits per heavy atom. The Morgan fingerprint density at radius 3 is 2.15 bits per heavy atom. The van der Waals surface area contributed by atoms with Gasteiger partial charge in [-0.1, -0.05) is 6.07 Å². The van der Waals surface area contributed by atoms with Crippen LogP contribution in [-0.4, -0.2) is 18.3 Å². The Morgan fingerprint density at radius 2 is 1.65 bits per heavy atom. The highest BCUT2D eigenvalue weighted by atomic mass is 16.7. The van der Waals surface area contributed by atoms with E-state index in [1.54, 1.807) is 0 Å². The van der Waals surface area contributed by atoms with Gasteiger partial charge in [-0.15, -0.1) is 0 Å². The molecule has 1 aliphatic rings. The van der Waals surface area contributed by atoms with Gasteiger partial charge in [-0.05, 0) is 57.4 Å². The van der Waals surface area contributed by atoms with Crippen LogP contribution >= 0.6 is 0 Å². The molecule has 0 unspecified atom stereocenters. The molecule has 0 aliphatic carbocycles. The average Bonchev–Trinajstić information content (AvgIpc) is 2.51. The van der Waals surface area contributed by atoms with Gasteiger partial charge in [-0.3, -0.25) is 0 Å². The molecule has 4 N–H and O–H groups in total. The van der Waals surface area contributed by atoms with Crippen molar-refractivity contribution in [3.05, 3.63) is 28.8 Å². The number of benzene rings is 1. The summed E-state index contributed by atoms with van der Waals surface area (Å²) >= 11 is 0. The van der Waals surface area contributed by atoms with Crippen molar-refractivity contribution in [2.24, 2.45) is 5.73 Å². The van der Waals surface area contributed by atoms with Gasteiger partial charge >= 0.3 is 7.12 Å². The standard InChI is InChI=1S/C15H25BN2O2/c1-10-12(9-17)6-11(7-13(10)18)8-16-19-14(2,3)15(4,5)20-16/h6-7H,8-9,17-18H2,1-5H3. The Balaban J connectivity index is 2.18. The molecule has 0 saturated carbocycles. The van der Waals surface area contributed by atoms with Gasteiger partial charge < -0.3 is 20.8 Å². The monoisotopic (exact) mass is 276 g/mol. The van der Waals surface area contributed by atoms with Gasteiger partial charge in [0, 0.05) is 18.6 Å². The van der Waals surface area contributed by atoms with Crippen LogP contribution in [-0.2, 0) is 22.2 Å². The molecule has 0 atom stereocenters. The lowest BCUT2D eigenvalue weighted by molar-refractivity contribution is 0.00578. The van der Waals surface area contributed by atoms with Crippen molar-refractivity contribution in [3.8, 4) is 0 Å². The molecule has 1 saturated heterocycles. The summed E-state index contributed by atoms with van der Waals surface area (Å²) in [6, 6.07) is 4.08. The Bertz CT molecular complexity index is 499. The zero-order valence-corrected chi connectivity index (χ0v) is 13.1. The van der Waals surface area contributed by atoms with E-state index in [0.717, 1.165) is 22.4 Å². The normalized spacial score (nSPS) is 20.4. The number of hydrogen-bond donors (Lipinski definition) is 2. The molecule has 1 aromatic carbocycles. The lowest BCUT2D eigenvalue weighted by atomic mass is 9.80. The summed E-state index contributed by atoms with van der Waals surface area (Å²) < 4.78 is 12.0. The fourth-order valence-electron chi connectivity index (χ4n) is 2.44. The van der Waals surface area contributed by atoms with E-state index < -0.39 is 0 Å².